The lowest BCUT2D eigenvalue weighted by Gasteiger charge is -2.06. The highest BCUT2D eigenvalue weighted by Gasteiger charge is 2.21. The van der Waals surface area contributed by atoms with Crippen molar-refractivity contribution in [1.82, 2.24) is 5.32 Å². The van der Waals surface area contributed by atoms with E-state index in [1.54, 1.807) is 24.8 Å². The number of hydrogen-bond donors (Lipinski definition) is 2. The molecule has 0 bridgehead atoms. The smallest absolute Gasteiger partial charge is 0.410 e. The minimum absolute atomic E-state index is 0.300. The molecule has 7 nitrogen and oxygen atoms in total. The molecular formula is C27H39NO6S. The van der Waals surface area contributed by atoms with E-state index in [1.165, 1.54) is 43.5 Å². The summed E-state index contributed by atoms with van der Waals surface area (Å²) in [5.74, 6) is -0.0566. The normalized spacial score (nSPS) is 11.0. The highest BCUT2D eigenvalue weighted by Crippen LogP contribution is 2.20. The maximum atomic E-state index is 11.8. The monoisotopic (exact) mass is 505 g/mol. The van der Waals surface area contributed by atoms with E-state index >= 15 is 0 Å². The summed E-state index contributed by atoms with van der Waals surface area (Å²) in [6.07, 6.45) is 8.10. The molecule has 2 rings (SSSR count). The zero-order chi connectivity index (χ0) is 26.4. The van der Waals surface area contributed by atoms with Crippen LogP contribution < -0.4 is 10.9 Å². The summed E-state index contributed by atoms with van der Waals surface area (Å²) in [5.41, 5.74) is -1.12. The van der Waals surface area contributed by atoms with E-state index in [0.29, 0.717) is 25.0 Å². The van der Waals surface area contributed by atoms with Crippen LogP contribution in [0.25, 0.3) is 0 Å². The Morgan fingerprint density at radius 2 is 1.86 bits per heavy atom. The standard InChI is InChI=1S/C16H21NO6.C11H18S/c1-10(2)14(19)13-12(18)9-11(23-15(13)20)7-5-4-6-8-17-16(21)22-3;1-4-10-7-8-11(12-10)6-5-9(2)3/h6,8-10,18H,4-5,7H2,1-3H3,(H,17,21);7-9H,4-6H2,1-3H3/b8-6+;. The Kier molecular flexibility index (Phi) is 13.7. The number of hydrogen-bond acceptors (Lipinski definition) is 7. The summed E-state index contributed by atoms with van der Waals surface area (Å²) in [5, 5.41) is 12.3. The lowest BCUT2D eigenvalue weighted by Crippen LogP contribution is -2.19. The number of alkyl carbamates (subject to hydrolysis) is 1. The molecule has 0 aliphatic heterocycles. The maximum Gasteiger partial charge on any atom is 0.410 e. The van der Waals surface area contributed by atoms with Gasteiger partial charge in [0, 0.05) is 34.4 Å². The number of ketones is 1. The average molecular weight is 506 g/mol. The van der Waals surface area contributed by atoms with Crippen LogP contribution in [0.15, 0.2) is 39.7 Å². The number of rotatable bonds is 11. The second-order valence-corrected chi connectivity index (χ2v) is 10.1. The Bertz CT molecular complexity index is 1020. The Labute approximate surface area is 212 Å². The van der Waals surface area contributed by atoms with Gasteiger partial charge in [0.05, 0.1) is 7.11 Å². The van der Waals surface area contributed by atoms with Crippen molar-refractivity contribution >= 4 is 23.2 Å². The number of ether oxygens (including phenoxy) is 1. The summed E-state index contributed by atoms with van der Waals surface area (Å²) in [4.78, 5) is 37.5. The van der Waals surface area contributed by atoms with Gasteiger partial charge in [-0.05, 0) is 50.2 Å². The molecule has 0 aromatic carbocycles. The van der Waals surface area contributed by atoms with Gasteiger partial charge < -0.3 is 14.3 Å². The van der Waals surface area contributed by atoms with Crippen LogP contribution in [0.2, 0.25) is 0 Å². The van der Waals surface area contributed by atoms with Crippen LogP contribution in [-0.2, 0) is 24.0 Å². The lowest BCUT2D eigenvalue weighted by atomic mass is 10.0. The van der Waals surface area contributed by atoms with E-state index in [4.69, 9.17) is 4.42 Å². The molecule has 0 radical (unpaired) electrons. The van der Waals surface area contributed by atoms with Crippen molar-refractivity contribution in [3.8, 4) is 5.75 Å². The van der Waals surface area contributed by atoms with Crippen LogP contribution >= 0.6 is 11.3 Å². The maximum absolute atomic E-state index is 11.8. The van der Waals surface area contributed by atoms with Crippen molar-refractivity contribution in [2.75, 3.05) is 7.11 Å². The molecule has 2 aromatic heterocycles. The number of carbonyl (C=O) groups is 2. The van der Waals surface area contributed by atoms with Gasteiger partial charge in [0.2, 0.25) is 0 Å². The van der Waals surface area contributed by atoms with Gasteiger partial charge >= 0.3 is 11.7 Å². The van der Waals surface area contributed by atoms with Gasteiger partial charge in [0.25, 0.3) is 0 Å². The summed E-state index contributed by atoms with van der Waals surface area (Å²) >= 11 is 1.97. The Morgan fingerprint density at radius 3 is 2.40 bits per heavy atom. The van der Waals surface area contributed by atoms with E-state index in [1.807, 2.05) is 11.3 Å². The van der Waals surface area contributed by atoms with E-state index in [-0.39, 0.29) is 11.3 Å². The Morgan fingerprint density at radius 1 is 1.17 bits per heavy atom. The van der Waals surface area contributed by atoms with Crippen molar-refractivity contribution in [3.63, 3.8) is 0 Å². The quantitative estimate of drug-likeness (QED) is 0.275. The predicted molar refractivity (Wildman–Crippen MR) is 140 cm³/mol. The second kappa shape index (κ2) is 15.9. The molecule has 35 heavy (non-hydrogen) atoms. The van der Waals surface area contributed by atoms with E-state index in [9.17, 15) is 19.5 Å². The fourth-order valence-corrected chi connectivity index (χ4v) is 3.98. The lowest BCUT2D eigenvalue weighted by molar-refractivity contribution is 0.0931. The summed E-state index contributed by atoms with van der Waals surface area (Å²) in [6.45, 7) is 10.1. The first-order valence-corrected chi connectivity index (χ1v) is 12.9. The Balaban J connectivity index is 0.000000427. The first-order chi connectivity index (χ1) is 16.6. The SMILES string of the molecule is CCc1ccc(CCC(C)C)s1.COC(=O)N/C=C/CCCc1cc(O)c(C(=O)C(C)C)c(=O)o1. The summed E-state index contributed by atoms with van der Waals surface area (Å²) < 4.78 is 9.47. The highest BCUT2D eigenvalue weighted by molar-refractivity contribution is 7.11. The van der Waals surface area contributed by atoms with Crippen LogP contribution in [-0.4, -0.2) is 24.1 Å². The molecule has 0 atom stereocenters. The van der Waals surface area contributed by atoms with Gasteiger partial charge in [-0.2, -0.15) is 0 Å². The van der Waals surface area contributed by atoms with Gasteiger partial charge in [-0.3, -0.25) is 10.1 Å². The molecular weight excluding hydrogens is 466 g/mol. The number of methoxy groups -OCH3 is 1. The molecule has 0 fully saturated rings. The highest BCUT2D eigenvalue weighted by atomic mass is 32.1. The van der Waals surface area contributed by atoms with Gasteiger partial charge in [-0.15, -0.1) is 11.3 Å². The van der Waals surface area contributed by atoms with Crippen molar-refractivity contribution in [3.05, 3.63) is 62.0 Å². The molecule has 2 heterocycles. The van der Waals surface area contributed by atoms with Crippen LogP contribution in [0.3, 0.4) is 0 Å². The molecule has 0 saturated carbocycles. The number of aryl methyl sites for hydroxylation is 3. The molecule has 0 spiro atoms. The largest absolute Gasteiger partial charge is 0.507 e. The van der Waals surface area contributed by atoms with Crippen molar-refractivity contribution in [1.29, 1.82) is 0 Å². The Hall–Kier alpha value is -2.87. The van der Waals surface area contributed by atoms with Crippen LogP contribution in [0.4, 0.5) is 4.79 Å². The number of Topliss-reactive ketones (excluding diaryl/α,β-unsaturated/α-hetero) is 1. The van der Waals surface area contributed by atoms with Crippen molar-refractivity contribution in [2.45, 2.75) is 73.1 Å². The molecule has 0 unspecified atom stereocenters. The van der Waals surface area contributed by atoms with Crippen molar-refractivity contribution < 1.29 is 23.8 Å². The number of unbranched alkanes of at least 4 members (excludes halogenated alkanes) is 1. The molecule has 2 N–H and O–H groups in total. The molecule has 194 valence electrons. The molecule has 1 amide bonds. The van der Waals surface area contributed by atoms with E-state index in [2.05, 4.69) is 43.0 Å². The molecule has 0 saturated heterocycles. The number of carbonyl (C=O) groups excluding carboxylic acids is 2. The van der Waals surface area contributed by atoms with Gasteiger partial charge in [-0.25, -0.2) is 9.59 Å². The zero-order valence-electron chi connectivity index (χ0n) is 21.7. The first kappa shape index (κ1) is 30.2. The number of allylic oxidation sites excluding steroid dienone is 1. The van der Waals surface area contributed by atoms with Crippen LogP contribution in [0.5, 0.6) is 5.75 Å². The number of amides is 1. The summed E-state index contributed by atoms with van der Waals surface area (Å²) in [6, 6.07) is 5.85. The zero-order valence-corrected chi connectivity index (χ0v) is 22.5. The fourth-order valence-electron chi connectivity index (χ4n) is 3.01. The average Bonchev–Trinajstić information content (AvgIpc) is 3.27. The summed E-state index contributed by atoms with van der Waals surface area (Å²) in [7, 11) is 1.27. The van der Waals surface area contributed by atoms with Gasteiger partial charge in [0.15, 0.2) is 5.78 Å². The van der Waals surface area contributed by atoms with Gasteiger partial charge in [0.1, 0.15) is 17.1 Å². The van der Waals surface area contributed by atoms with Crippen LogP contribution in [0.1, 0.15) is 79.8 Å². The van der Waals surface area contributed by atoms with Crippen LogP contribution in [0, 0.1) is 11.8 Å². The predicted octanol–water partition coefficient (Wildman–Crippen LogP) is 6.28. The topological polar surface area (TPSA) is 106 Å². The number of nitrogens with one attached hydrogen (secondary N) is 1. The third kappa shape index (κ3) is 11.4. The van der Waals surface area contributed by atoms with E-state index in [0.717, 1.165) is 5.92 Å². The molecule has 8 heteroatoms. The third-order valence-corrected chi connectivity index (χ3v) is 6.37. The molecule has 0 aliphatic carbocycles. The number of thiophene rings is 1. The minimum atomic E-state index is -0.818. The number of aromatic hydroxyl groups is 1. The van der Waals surface area contributed by atoms with Gasteiger partial charge in [-0.1, -0.05) is 40.7 Å². The fraction of sp³-hybridized carbons (Fsp3) is 0.519. The molecule has 2 aromatic rings. The second-order valence-electron chi connectivity index (χ2n) is 8.86. The molecule has 0 aliphatic rings. The minimum Gasteiger partial charge on any atom is -0.507 e. The van der Waals surface area contributed by atoms with Crippen molar-refractivity contribution in [2.24, 2.45) is 11.8 Å². The van der Waals surface area contributed by atoms with E-state index < -0.39 is 23.4 Å². The first-order valence-electron chi connectivity index (χ1n) is 12.1. The third-order valence-electron chi connectivity index (χ3n) is 5.08.